The molecule has 1 aliphatic heterocycles. The lowest BCUT2D eigenvalue weighted by Crippen LogP contribution is -2.55. The zero-order chi connectivity index (χ0) is 15.1. The SMILES string of the molecule is COc1ccccc1N1C(N)=NCC12CCCC(C)(C)C2. The second-order valence-electron chi connectivity index (χ2n) is 7.10. The molecule has 0 aromatic heterocycles. The summed E-state index contributed by atoms with van der Waals surface area (Å²) in [6, 6.07) is 8.09. The van der Waals surface area contributed by atoms with E-state index in [9.17, 15) is 0 Å². The lowest BCUT2D eigenvalue weighted by atomic mass is 9.67. The highest BCUT2D eigenvalue weighted by atomic mass is 16.5. The van der Waals surface area contributed by atoms with E-state index in [0.29, 0.717) is 11.4 Å². The number of ether oxygens (including phenoxy) is 1. The van der Waals surface area contributed by atoms with Gasteiger partial charge in [-0.2, -0.15) is 0 Å². The van der Waals surface area contributed by atoms with Crippen LogP contribution < -0.4 is 15.4 Å². The Balaban J connectivity index is 2.03. The van der Waals surface area contributed by atoms with E-state index in [1.165, 1.54) is 12.8 Å². The summed E-state index contributed by atoms with van der Waals surface area (Å²) in [7, 11) is 1.71. The lowest BCUT2D eigenvalue weighted by Gasteiger charge is -2.48. The van der Waals surface area contributed by atoms with Crippen molar-refractivity contribution >= 4 is 11.6 Å². The van der Waals surface area contributed by atoms with Gasteiger partial charge in [0.05, 0.1) is 24.9 Å². The monoisotopic (exact) mass is 287 g/mol. The molecule has 0 radical (unpaired) electrons. The molecule has 0 amide bonds. The first-order chi connectivity index (χ1) is 9.97. The summed E-state index contributed by atoms with van der Waals surface area (Å²) in [4.78, 5) is 6.81. The van der Waals surface area contributed by atoms with Crippen LogP contribution in [0.1, 0.15) is 39.5 Å². The van der Waals surface area contributed by atoms with Gasteiger partial charge in [-0.1, -0.05) is 32.4 Å². The third kappa shape index (κ3) is 2.37. The first-order valence-electron chi connectivity index (χ1n) is 7.71. The Hall–Kier alpha value is -1.71. The van der Waals surface area contributed by atoms with Crippen molar-refractivity contribution in [2.45, 2.75) is 45.1 Å². The van der Waals surface area contributed by atoms with Crippen LogP contribution >= 0.6 is 0 Å². The van der Waals surface area contributed by atoms with Crippen molar-refractivity contribution in [3.05, 3.63) is 24.3 Å². The summed E-state index contributed by atoms with van der Waals surface area (Å²) in [6.45, 7) is 5.49. The number of nitrogens with zero attached hydrogens (tertiary/aromatic N) is 2. The number of hydrogen-bond donors (Lipinski definition) is 1. The van der Waals surface area contributed by atoms with E-state index in [-0.39, 0.29) is 5.54 Å². The number of rotatable bonds is 2. The van der Waals surface area contributed by atoms with Crippen molar-refractivity contribution in [1.29, 1.82) is 0 Å². The number of guanidine groups is 1. The van der Waals surface area contributed by atoms with Crippen LogP contribution in [0.25, 0.3) is 0 Å². The molecule has 1 spiro atoms. The highest BCUT2D eigenvalue weighted by Gasteiger charge is 2.49. The highest BCUT2D eigenvalue weighted by Crippen LogP contribution is 2.48. The first kappa shape index (κ1) is 14.2. The molecule has 114 valence electrons. The third-order valence-electron chi connectivity index (χ3n) is 4.87. The van der Waals surface area contributed by atoms with E-state index in [4.69, 9.17) is 10.5 Å². The van der Waals surface area contributed by atoms with Crippen molar-refractivity contribution < 1.29 is 4.74 Å². The Morgan fingerprint density at radius 3 is 2.71 bits per heavy atom. The van der Waals surface area contributed by atoms with Crippen LogP contribution in [-0.2, 0) is 0 Å². The fourth-order valence-electron chi connectivity index (χ4n) is 4.10. The van der Waals surface area contributed by atoms with Crippen LogP contribution in [0, 0.1) is 5.41 Å². The molecule has 1 saturated carbocycles. The normalized spacial score (nSPS) is 27.8. The standard InChI is InChI=1S/C17H25N3O/c1-16(2)9-6-10-17(11-16)12-19-15(18)20(17)13-7-4-5-8-14(13)21-3/h4-5,7-8H,6,9-12H2,1-3H3,(H2,18,19). The lowest BCUT2D eigenvalue weighted by molar-refractivity contribution is 0.163. The molecular formula is C17H25N3O. The van der Waals surface area contributed by atoms with Gasteiger partial charge in [0.2, 0.25) is 0 Å². The first-order valence-corrected chi connectivity index (χ1v) is 7.71. The van der Waals surface area contributed by atoms with Gasteiger partial charge in [0, 0.05) is 0 Å². The summed E-state index contributed by atoms with van der Waals surface area (Å²) < 4.78 is 5.54. The number of methoxy groups -OCH3 is 1. The van der Waals surface area contributed by atoms with E-state index in [1.807, 2.05) is 18.2 Å². The van der Waals surface area contributed by atoms with E-state index < -0.39 is 0 Å². The molecule has 1 atom stereocenters. The summed E-state index contributed by atoms with van der Waals surface area (Å²) in [5, 5.41) is 0. The fraction of sp³-hybridized carbons (Fsp3) is 0.588. The second kappa shape index (κ2) is 4.93. The summed E-state index contributed by atoms with van der Waals surface area (Å²) in [5.41, 5.74) is 7.63. The van der Waals surface area contributed by atoms with Gasteiger partial charge in [0.1, 0.15) is 5.75 Å². The van der Waals surface area contributed by atoms with Gasteiger partial charge in [0.25, 0.3) is 0 Å². The summed E-state index contributed by atoms with van der Waals surface area (Å²) in [5.74, 6) is 1.48. The maximum absolute atomic E-state index is 6.25. The molecule has 1 heterocycles. The summed E-state index contributed by atoms with van der Waals surface area (Å²) >= 11 is 0. The number of aliphatic imine (C=N–C) groups is 1. The zero-order valence-electron chi connectivity index (χ0n) is 13.2. The van der Waals surface area contributed by atoms with Gasteiger partial charge in [-0.05, 0) is 36.8 Å². The molecule has 1 fully saturated rings. The quantitative estimate of drug-likeness (QED) is 0.909. The van der Waals surface area contributed by atoms with Crippen molar-refractivity contribution in [2.24, 2.45) is 16.1 Å². The number of para-hydroxylation sites is 2. The Morgan fingerprint density at radius 2 is 2.00 bits per heavy atom. The average Bonchev–Trinajstić information content (AvgIpc) is 2.74. The van der Waals surface area contributed by atoms with Gasteiger partial charge in [-0.15, -0.1) is 0 Å². The van der Waals surface area contributed by atoms with Gasteiger partial charge in [0.15, 0.2) is 5.96 Å². The minimum atomic E-state index is 0.0144. The van der Waals surface area contributed by atoms with E-state index >= 15 is 0 Å². The molecule has 1 unspecified atom stereocenters. The summed E-state index contributed by atoms with van der Waals surface area (Å²) in [6.07, 6.45) is 4.75. The van der Waals surface area contributed by atoms with Crippen LogP contribution in [0.5, 0.6) is 5.75 Å². The van der Waals surface area contributed by atoms with Crippen molar-refractivity contribution in [1.82, 2.24) is 0 Å². The molecule has 2 N–H and O–H groups in total. The predicted molar refractivity (Wildman–Crippen MR) is 86.9 cm³/mol. The maximum atomic E-state index is 6.25. The number of anilines is 1. The maximum Gasteiger partial charge on any atom is 0.196 e. The molecule has 1 aliphatic carbocycles. The molecule has 1 aromatic rings. The second-order valence-corrected chi connectivity index (χ2v) is 7.10. The molecular weight excluding hydrogens is 262 g/mol. The largest absolute Gasteiger partial charge is 0.495 e. The van der Waals surface area contributed by atoms with Crippen LogP contribution in [0.15, 0.2) is 29.3 Å². The molecule has 2 aliphatic rings. The molecule has 4 nitrogen and oxygen atoms in total. The molecule has 4 heteroatoms. The Kier molecular flexibility index (Phi) is 3.34. The Labute approximate surface area is 127 Å². The zero-order valence-corrected chi connectivity index (χ0v) is 13.2. The number of hydrogen-bond acceptors (Lipinski definition) is 4. The van der Waals surface area contributed by atoms with Crippen LogP contribution in [0.3, 0.4) is 0 Å². The Bertz CT molecular complexity index is 567. The topological polar surface area (TPSA) is 50.9 Å². The van der Waals surface area contributed by atoms with E-state index in [1.54, 1.807) is 7.11 Å². The van der Waals surface area contributed by atoms with Crippen molar-refractivity contribution in [3.8, 4) is 5.75 Å². The number of nitrogens with two attached hydrogens (primary N) is 1. The minimum Gasteiger partial charge on any atom is -0.495 e. The highest BCUT2D eigenvalue weighted by molar-refractivity contribution is 5.99. The Morgan fingerprint density at radius 1 is 1.24 bits per heavy atom. The minimum absolute atomic E-state index is 0.0144. The third-order valence-corrected chi connectivity index (χ3v) is 4.87. The van der Waals surface area contributed by atoms with Gasteiger partial charge < -0.3 is 15.4 Å². The van der Waals surface area contributed by atoms with E-state index in [0.717, 1.165) is 30.8 Å². The molecule has 3 rings (SSSR count). The van der Waals surface area contributed by atoms with Crippen LogP contribution in [0.2, 0.25) is 0 Å². The van der Waals surface area contributed by atoms with Crippen LogP contribution in [0.4, 0.5) is 5.69 Å². The molecule has 0 saturated heterocycles. The van der Waals surface area contributed by atoms with Crippen LogP contribution in [-0.4, -0.2) is 25.2 Å². The van der Waals surface area contributed by atoms with Gasteiger partial charge >= 0.3 is 0 Å². The van der Waals surface area contributed by atoms with Gasteiger partial charge in [-0.3, -0.25) is 4.99 Å². The van der Waals surface area contributed by atoms with Gasteiger partial charge in [-0.25, -0.2) is 0 Å². The number of benzene rings is 1. The van der Waals surface area contributed by atoms with Crippen molar-refractivity contribution in [2.75, 3.05) is 18.6 Å². The average molecular weight is 287 g/mol. The molecule has 1 aromatic carbocycles. The molecule has 21 heavy (non-hydrogen) atoms. The smallest absolute Gasteiger partial charge is 0.196 e. The predicted octanol–water partition coefficient (Wildman–Crippen LogP) is 3.17. The van der Waals surface area contributed by atoms with Crippen molar-refractivity contribution in [3.63, 3.8) is 0 Å². The van der Waals surface area contributed by atoms with E-state index in [2.05, 4.69) is 29.8 Å². The fourth-order valence-corrected chi connectivity index (χ4v) is 4.10. The molecule has 0 bridgehead atoms.